The molecular formula is C12H18FN3O. The van der Waals surface area contributed by atoms with Crippen molar-refractivity contribution in [2.75, 3.05) is 19.6 Å². The molecule has 4 nitrogen and oxygen atoms in total. The lowest BCUT2D eigenvalue weighted by molar-refractivity contribution is 0.1000. The summed E-state index contributed by atoms with van der Waals surface area (Å²) in [5, 5.41) is 0. The molecule has 0 unspecified atom stereocenters. The zero-order valence-electron chi connectivity index (χ0n) is 9.95. The van der Waals surface area contributed by atoms with Crippen molar-refractivity contribution in [1.82, 2.24) is 4.90 Å². The monoisotopic (exact) mass is 239 g/mol. The molecule has 5 heteroatoms. The Morgan fingerprint density at radius 1 is 1.47 bits per heavy atom. The Labute approximate surface area is 100 Å². The molecule has 0 aliphatic heterocycles. The number of rotatable bonds is 6. The Balaban J connectivity index is 2.81. The molecular weight excluding hydrogens is 221 g/mol. The van der Waals surface area contributed by atoms with Gasteiger partial charge in [0.1, 0.15) is 5.82 Å². The van der Waals surface area contributed by atoms with Gasteiger partial charge < -0.3 is 11.5 Å². The summed E-state index contributed by atoms with van der Waals surface area (Å²) in [4.78, 5) is 12.9. The van der Waals surface area contributed by atoms with E-state index in [1.165, 1.54) is 12.1 Å². The number of carbonyl (C=O) groups is 1. The molecule has 17 heavy (non-hydrogen) atoms. The number of benzene rings is 1. The summed E-state index contributed by atoms with van der Waals surface area (Å²) in [7, 11) is 0. The highest BCUT2D eigenvalue weighted by Gasteiger charge is 2.09. The maximum Gasteiger partial charge on any atom is 0.248 e. The van der Waals surface area contributed by atoms with Crippen molar-refractivity contribution in [3.63, 3.8) is 0 Å². The average Bonchev–Trinajstić information content (AvgIpc) is 2.30. The number of hydrogen-bond acceptors (Lipinski definition) is 3. The number of likely N-dealkylation sites (N-methyl/N-ethyl adjacent to an activating group) is 1. The fourth-order valence-corrected chi connectivity index (χ4v) is 1.60. The van der Waals surface area contributed by atoms with Gasteiger partial charge >= 0.3 is 0 Å². The summed E-state index contributed by atoms with van der Waals surface area (Å²) in [6.07, 6.45) is 0. The number of primary amides is 1. The largest absolute Gasteiger partial charge is 0.366 e. The number of hydrogen-bond donors (Lipinski definition) is 2. The SMILES string of the molecule is CCN(CCN)Cc1ccc(C(N)=O)cc1F. The van der Waals surface area contributed by atoms with E-state index >= 15 is 0 Å². The van der Waals surface area contributed by atoms with Gasteiger partial charge in [-0.1, -0.05) is 13.0 Å². The number of nitrogens with two attached hydrogens (primary N) is 2. The molecule has 1 rings (SSSR count). The number of halogens is 1. The second-order valence-electron chi connectivity index (χ2n) is 3.83. The van der Waals surface area contributed by atoms with Crippen LogP contribution in [0.5, 0.6) is 0 Å². The smallest absolute Gasteiger partial charge is 0.248 e. The lowest BCUT2D eigenvalue weighted by Gasteiger charge is -2.19. The van der Waals surface area contributed by atoms with E-state index in [0.29, 0.717) is 25.2 Å². The summed E-state index contributed by atoms with van der Waals surface area (Å²) in [6, 6.07) is 4.31. The van der Waals surface area contributed by atoms with Crippen LogP contribution >= 0.6 is 0 Å². The van der Waals surface area contributed by atoms with Gasteiger partial charge in [0.05, 0.1) is 0 Å². The maximum absolute atomic E-state index is 13.7. The molecule has 0 bridgehead atoms. The molecule has 0 aromatic heterocycles. The molecule has 1 aromatic rings. The van der Waals surface area contributed by atoms with Crippen LogP contribution in [-0.4, -0.2) is 30.4 Å². The highest BCUT2D eigenvalue weighted by molar-refractivity contribution is 5.92. The van der Waals surface area contributed by atoms with Crippen LogP contribution in [0.25, 0.3) is 0 Å². The topological polar surface area (TPSA) is 72.3 Å². The minimum atomic E-state index is -0.621. The summed E-state index contributed by atoms with van der Waals surface area (Å²) in [5.41, 5.74) is 11.3. The predicted molar refractivity (Wildman–Crippen MR) is 64.9 cm³/mol. The Bertz CT molecular complexity index is 395. The number of nitrogens with zero attached hydrogens (tertiary/aromatic N) is 1. The van der Waals surface area contributed by atoms with Gasteiger partial charge in [0, 0.05) is 30.8 Å². The second kappa shape index (κ2) is 6.32. The highest BCUT2D eigenvalue weighted by Crippen LogP contribution is 2.12. The van der Waals surface area contributed by atoms with Crippen LogP contribution in [0.3, 0.4) is 0 Å². The van der Waals surface area contributed by atoms with Crippen molar-refractivity contribution >= 4 is 5.91 Å². The van der Waals surface area contributed by atoms with Crippen LogP contribution in [0.4, 0.5) is 4.39 Å². The quantitative estimate of drug-likeness (QED) is 0.767. The first kappa shape index (κ1) is 13.6. The molecule has 0 heterocycles. The van der Waals surface area contributed by atoms with E-state index in [4.69, 9.17) is 11.5 Å². The van der Waals surface area contributed by atoms with Gasteiger partial charge in [0.2, 0.25) is 5.91 Å². The van der Waals surface area contributed by atoms with E-state index in [2.05, 4.69) is 0 Å². The Morgan fingerprint density at radius 3 is 2.65 bits per heavy atom. The van der Waals surface area contributed by atoms with E-state index in [1.807, 2.05) is 11.8 Å². The Morgan fingerprint density at radius 2 is 2.18 bits per heavy atom. The van der Waals surface area contributed by atoms with Crippen molar-refractivity contribution in [3.8, 4) is 0 Å². The summed E-state index contributed by atoms with van der Waals surface area (Å²) in [5.74, 6) is -1.03. The standard InChI is InChI=1S/C12H18FN3O/c1-2-16(6-5-14)8-10-4-3-9(12(15)17)7-11(10)13/h3-4,7H,2,5-6,8,14H2,1H3,(H2,15,17). The fourth-order valence-electron chi connectivity index (χ4n) is 1.60. The Hall–Kier alpha value is -1.46. The molecule has 0 saturated carbocycles. The van der Waals surface area contributed by atoms with Crippen LogP contribution in [0.1, 0.15) is 22.8 Å². The molecule has 0 fully saturated rings. The van der Waals surface area contributed by atoms with Crippen LogP contribution in [0.2, 0.25) is 0 Å². The molecule has 0 radical (unpaired) electrons. The first-order valence-corrected chi connectivity index (χ1v) is 5.59. The normalized spacial score (nSPS) is 10.8. The molecule has 4 N–H and O–H groups in total. The first-order chi connectivity index (χ1) is 8.08. The van der Waals surface area contributed by atoms with Crippen LogP contribution in [0, 0.1) is 5.82 Å². The summed E-state index contributed by atoms with van der Waals surface area (Å²) in [6.45, 7) is 4.53. The number of amides is 1. The first-order valence-electron chi connectivity index (χ1n) is 5.59. The third kappa shape index (κ3) is 3.80. The molecule has 1 aromatic carbocycles. The fraction of sp³-hybridized carbons (Fsp3) is 0.417. The third-order valence-corrected chi connectivity index (χ3v) is 2.62. The average molecular weight is 239 g/mol. The molecule has 0 spiro atoms. The molecule has 0 saturated heterocycles. The minimum absolute atomic E-state index is 0.188. The van der Waals surface area contributed by atoms with E-state index in [9.17, 15) is 9.18 Å². The molecule has 1 amide bonds. The Kier molecular flexibility index (Phi) is 5.06. The van der Waals surface area contributed by atoms with Gasteiger partial charge in [-0.2, -0.15) is 0 Å². The van der Waals surface area contributed by atoms with Crippen molar-refractivity contribution in [1.29, 1.82) is 0 Å². The minimum Gasteiger partial charge on any atom is -0.366 e. The van der Waals surface area contributed by atoms with Gasteiger partial charge in [-0.25, -0.2) is 4.39 Å². The van der Waals surface area contributed by atoms with Crippen molar-refractivity contribution in [3.05, 3.63) is 35.1 Å². The van der Waals surface area contributed by atoms with Crippen molar-refractivity contribution in [2.24, 2.45) is 11.5 Å². The van der Waals surface area contributed by atoms with Crippen molar-refractivity contribution < 1.29 is 9.18 Å². The number of carbonyl (C=O) groups excluding carboxylic acids is 1. The van der Waals surface area contributed by atoms with Crippen LogP contribution < -0.4 is 11.5 Å². The van der Waals surface area contributed by atoms with E-state index in [-0.39, 0.29) is 5.56 Å². The molecule has 0 aliphatic rings. The predicted octanol–water partition coefficient (Wildman–Crippen LogP) is 0.705. The highest BCUT2D eigenvalue weighted by atomic mass is 19.1. The molecule has 0 atom stereocenters. The van der Waals surface area contributed by atoms with Gasteiger partial charge in [-0.3, -0.25) is 9.69 Å². The van der Waals surface area contributed by atoms with E-state index in [0.717, 1.165) is 6.54 Å². The van der Waals surface area contributed by atoms with Gasteiger partial charge in [-0.05, 0) is 18.7 Å². The maximum atomic E-state index is 13.7. The summed E-state index contributed by atoms with van der Waals surface area (Å²) < 4.78 is 13.7. The third-order valence-electron chi connectivity index (χ3n) is 2.62. The lowest BCUT2D eigenvalue weighted by atomic mass is 10.1. The molecule has 0 aliphatic carbocycles. The molecule has 94 valence electrons. The zero-order chi connectivity index (χ0) is 12.8. The van der Waals surface area contributed by atoms with Gasteiger partial charge in [-0.15, -0.1) is 0 Å². The van der Waals surface area contributed by atoms with Crippen molar-refractivity contribution in [2.45, 2.75) is 13.5 Å². The van der Waals surface area contributed by atoms with E-state index in [1.54, 1.807) is 6.07 Å². The second-order valence-corrected chi connectivity index (χ2v) is 3.83. The zero-order valence-corrected chi connectivity index (χ0v) is 9.95. The lowest BCUT2D eigenvalue weighted by Crippen LogP contribution is -2.29. The van der Waals surface area contributed by atoms with Crippen LogP contribution in [-0.2, 0) is 6.54 Å². The van der Waals surface area contributed by atoms with Crippen LogP contribution in [0.15, 0.2) is 18.2 Å². The van der Waals surface area contributed by atoms with Gasteiger partial charge in [0.25, 0.3) is 0 Å². The van der Waals surface area contributed by atoms with E-state index < -0.39 is 11.7 Å². The van der Waals surface area contributed by atoms with Gasteiger partial charge in [0.15, 0.2) is 0 Å². The summed E-state index contributed by atoms with van der Waals surface area (Å²) >= 11 is 0.